The van der Waals surface area contributed by atoms with E-state index in [-0.39, 0.29) is 6.54 Å². The van der Waals surface area contributed by atoms with Crippen LogP contribution in [0.2, 0.25) is 0 Å². The smallest absolute Gasteiger partial charge is 0.313 e. The summed E-state index contributed by atoms with van der Waals surface area (Å²) in [5.74, 6) is -2.46. The zero-order valence-corrected chi connectivity index (χ0v) is 14.1. The van der Waals surface area contributed by atoms with Gasteiger partial charge in [0.15, 0.2) is 11.6 Å². The molecule has 1 aliphatic heterocycles. The molecule has 1 aliphatic rings. The van der Waals surface area contributed by atoms with Crippen molar-refractivity contribution < 1.29 is 23.8 Å². The first kappa shape index (κ1) is 18.8. The van der Waals surface area contributed by atoms with Crippen LogP contribution in [-0.2, 0) is 11.3 Å². The first-order valence-electron chi connectivity index (χ1n) is 8.32. The van der Waals surface area contributed by atoms with Crippen LogP contribution in [0.5, 0.6) is 0 Å². The predicted molar refractivity (Wildman–Crippen MR) is 86.4 cm³/mol. The Bertz CT molecular complexity index is 594. The van der Waals surface area contributed by atoms with E-state index >= 15 is 0 Å². The molecule has 134 valence electrons. The van der Waals surface area contributed by atoms with Gasteiger partial charge in [0, 0.05) is 19.6 Å². The molecule has 0 aliphatic carbocycles. The van der Waals surface area contributed by atoms with Crippen molar-refractivity contribution in [1.82, 2.24) is 4.90 Å². The fraction of sp³-hybridized carbons (Fsp3) is 0.611. The fourth-order valence-electron chi connectivity index (χ4n) is 3.30. The number of aliphatic carboxylic acids is 1. The van der Waals surface area contributed by atoms with Crippen molar-refractivity contribution in [3.05, 3.63) is 35.4 Å². The van der Waals surface area contributed by atoms with Gasteiger partial charge in [-0.05, 0) is 42.9 Å². The van der Waals surface area contributed by atoms with Gasteiger partial charge >= 0.3 is 5.97 Å². The number of carboxylic acid groups (broad SMARTS) is 1. The van der Waals surface area contributed by atoms with Crippen LogP contribution in [0.15, 0.2) is 18.2 Å². The molecule has 0 saturated carbocycles. The van der Waals surface area contributed by atoms with Gasteiger partial charge in [0.2, 0.25) is 0 Å². The number of aliphatic hydroxyl groups is 1. The number of piperidine rings is 1. The molecule has 2 N–H and O–H groups in total. The summed E-state index contributed by atoms with van der Waals surface area (Å²) < 4.78 is 26.4. The number of aliphatic hydroxyl groups excluding tert-OH is 1. The lowest BCUT2D eigenvalue weighted by molar-refractivity contribution is -0.165. The van der Waals surface area contributed by atoms with Gasteiger partial charge in [-0.3, -0.25) is 9.69 Å². The van der Waals surface area contributed by atoms with E-state index in [1.165, 1.54) is 6.07 Å². The molecule has 2 rings (SSSR count). The lowest BCUT2D eigenvalue weighted by Crippen LogP contribution is -2.55. The molecule has 4 nitrogen and oxygen atoms in total. The summed E-state index contributed by atoms with van der Waals surface area (Å²) in [6.45, 7) is 5.10. The molecular weight excluding hydrogens is 316 g/mol. The molecule has 0 aromatic heterocycles. The van der Waals surface area contributed by atoms with Gasteiger partial charge in [0.1, 0.15) is 5.41 Å². The highest BCUT2D eigenvalue weighted by atomic mass is 19.2. The second-order valence-electron chi connectivity index (χ2n) is 7.16. The van der Waals surface area contributed by atoms with Crippen LogP contribution in [0.25, 0.3) is 0 Å². The maximum atomic E-state index is 13.4. The number of hydrogen-bond acceptors (Lipinski definition) is 3. The molecule has 0 unspecified atom stereocenters. The summed E-state index contributed by atoms with van der Waals surface area (Å²) in [5, 5.41) is 20.1. The van der Waals surface area contributed by atoms with Gasteiger partial charge in [-0.25, -0.2) is 8.78 Å². The first-order chi connectivity index (χ1) is 11.2. The zero-order chi connectivity index (χ0) is 17.9. The van der Waals surface area contributed by atoms with Gasteiger partial charge in [0.05, 0.1) is 6.10 Å². The van der Waals surface area contributed by atoms with E-state index < -0.39 is 29.1 Å². The SMILES string of the molecule is CC(C)CC[C@@]1(C(=O)O)CN(Cc2ccc(F)c(F)c2)CC[C@H]1O. The Morgan fingerprint density at radius 1 is 1.38 bits per heavy atom. The number of likely N-dealkylation sites (tertiary alicyclic amines) is 1. The quantitative estimate of drug-likeness (QED) is 0.835. The molecular formula is C18H25F2NO3. The van der Waals surface area contributed by atoms with E-state index in [1.807, 2.05) is 18.7 Å². The van der Waals surface area contributed by atoms with Gasteiger partial charge in [-0.2, -0.15) is 0 Å². The molecule has 0 bridgehead atoms. The lowest BCUT2D eigenvalue weighted by Gasteiger charge is -2.43. The van der Waals surface area contributed by atoms with E-state index in [9.17, 15) is 23.8 Å². The zero-order valence-electron chi connectivity index (χ0n) is 14.1. The summed E-state index contributed by atoms with van der Waals surface area (Å²) in [6.07, 6.45) is 0.571. The fourth-order valence-corrected chi connectivity index (χ4v) is 3.30. The molecule has 1 saturated heterocycles. The van der Waals surface area contributed by atoms with Gasteiger partial charge in [0.25, 0.3) is 0 Å². The normalized spacial score (nSPS) is 25.2. The number of nitrogens with zero attached hydrogens (tertiary/aromatic N) is 1. The summed E-state index contributed by atoms with van der Waals surface area (Å²) in [5.41, 5.74) is -0.616. The number of benzene rings is 1. The number of carbonyl (C=O) groups is 1. The van der Waals surface area contributed by atoms with Crippen LogP contribution >= 0.6 is 0 Å². The standard InChI is InChI=1S/C18H25F2NO3/c1-12(2)5-7-18(17(23)24)11-21(8-6-16(18)22)10-13-3-4-14(19)15(20)9-13/h3-4,9,12,16,22H,5-8,10-11H2,1-2H3,(H,23,24)/t16-,18-/m1/s1. The lowest BCUT2D eigenvalue weighted by atomic mass is 9.72. The third-order valence-electron chi connectivity index (χ3n) is 4.85. The van der Waals surface area contributed by atoms with Crippen LogP contribution in [0, 0.1) is 23.0 Å². The molecule has 0 spiro atoms. The molecule has 0 radical (unpaired) electrons. The van der Waals surface area contributed by atoms with Crippen LogP contribution in [0.3, 0.4) is 0 Å². The van der Waals surface area contributed by atoms with Gasteiger partial charge < -0.3 is 10.2 Å². The second-order valence-corrected chi connectivity index (χ2v) is 7.16. The van der Waals surface area contributed by atoms with Crippen LogP contribution in [-0.4, -0.2) is 40.3 Å². The topological polar surface area (TPSA) is 60.8 Å². The Morgan fingerprint density at radius 3 is 2.67 bits per heavy atom. The van der Waals surface area contributed by atoms with Crippen molar-refractivity contribution in [2.45, 2.75) is 45.8 Å². The Hall–Kier alpha value is -1.53. The Morgan fingerprint density at radius 2 is 2.08 bits per heavy atom. The first-order valence-corrected chi connectivity index (χ1v) is 8.32. The number of halogens is 2. The van der Waals surface area contributed by atoms with Crippen molar-refractivity contribution in [3.8, 4) is 0 Å². The average Bonchev–Trinajstić information content (AvgIpc) is 2.51. The molecule has 1 heterocycles. The number of hydrogen-bond donors (Lipinski definition) is 2. The van der Waals surface area contributed by atoms with Crippen LogP contribution in [0.1, 0.15) is 38.7 Å². The Kier molecular flexibility index (Phi) is 5.93. The van der Waals surface area contributed by atoms with E-state index in [4.69, 9.17) is 0 Å². The number of carboxylic acids is 1. The van der Waals surface area contributed by atoms with Crippen molar-refractivity contribution in [3.63, 3.8) is 0 Å². The minimum atomic E-state index is -1.21. The summed E-state index contributed by atoms with van der Waals surface area (Å²) in [4.78, 5) is 13.8. The Labute approximate surface area is 141 Å². The molecule has 24 heavy (non-hydrogen) atoms. The summed E-state index contributed by atoms with van der Waals surface area (Å²) >= 11 is 0. The van der Waals surface area contributed by atoms with E-state index in [0.29, 0.717) is 43.8 Å². The maximum absolute atomic E-state index is 13.4. The monoisotopic (exact) mass is 341 g/mol. The van der Waals surface area contributed by atoms with E-state index in [2.05, 4.69) is 0 Å². The summed E-state index contributed by atoms with van der Waals surface area (Å²) in [7, 11) is 0. The van der Waals surface area contributed by atoms with Gasteiger partial charge in [-0.1, -0.05) is 19.9 Å². The molecule has 0 amide bonds. The minimum absolute atomic E-state index is 0.204. The Balaban J connectivity index is 2.15. The second kappa shape index (κ2) is 7.57. The molecule has 2 atom stereocenters. The van der Waals surface area contributed by atoms with Crippen LogP contribution < -0.4 is 0 Å². The average molecular weight is 341 g/mol. The highest BCUT2D eigenvalue weighted by Gasteiger charge is 2.48. The third kappa shape index (κ3) is 4.11. The van der Waals surface area contributed by atoms with E-state index in [0.717, 1.165) is 12.1 Å². The van der Waals surface area contributed by atoms with Crippen molar-refractivity contribution >= 4 is 5.97 Å². The molecule has 1 aromatic carbocycles. The van der Waals surface area contributed by atoms with Crippen LogP contribution in [0.4, 0.5) is 8.78 Å². The summed E-state index contributed by atoms with van der Waals surface area (Å²) in [6, 6.07) is 3.71. The van der Waals surface area contributed by atoms with Crippen molar-refractivity contribution in [2.75, 3.05) is 13.1 Å². The maximum Gasteiger partial charge on any atom is 0.313 e. The van der Waals surface area contributed by atoms with E-state index in [1.54, 1.807) is 0 Å². The van der Waals surface area contributed by atoms with Gasteiger partial charge in [-0.15, -0.1) is 0 Å². The molecule has 1 fully saturated rings. The van der Waals surface area contributed by atoms with Crippen molar-refractivity contribution in [2.24, 2.45) is 11.3 Å². The minimum Gasteiger partial charge on any atom is -0.481 e. The largest absolute Gasteiger partial charge is 0.481 e. The molecule has 6 heteroatoms. The third-order valence-corrected chi connectivity index (χ3v) is 4.85. The highest BCUT2D eigenvalue weighted by molar-refractivity contribution is 5.76. The number of rotatable bonds is 6. The predicted octanol–water partition coefficient (Wildman–Crippen LogP) is 3.04. The molecule has 1 aromatic rings. The van der Waals surface area contributed by atoms with Crippen molar-refractivity contribution in [1.29, 1.82) is 0 Å². The highest BCUT2D eigenvalue weighted by Crippen LogP contribution is 2.37.